The summed E-state index contributed by atoms with van der Waals surface area (Å²) in [6, 6.07) is 11.4. The van der Waals surface area contributed by atoms with Crippen molar-refractivity contribution >= 4 is 11.8 Å². The smallest absolute Gasteiger partial charge is 0.225 e. The third kappa shape index (κ3) is 4.55. The van der Waals surface area contributed by atoms with Crippen LogP contribution in [0.15, 0.2) is 55.0 Å². The zero-order valence-electron chi connectivity index (χ0n) is 17.3. The Hall–Kier alpha value is -3.10. The van der Waals surface area contributed by atoms with Crippen LogP contribution in [0.4, 0.5) is 16.2 Å². The third-order valence-electron chi connectivity index (χ3n) is 5.30. The Morgan fingerprint density at radius 3 is 2.40 bits per heavy atom. The van der Waals surface area contributed by atoms with Gasteiger partial charge in [-0.1, -0.05) is 18.2 Å². The van der Waals surface area contributed by atoms with E-state index in [1.54, 1.807) is 12.3 Å². The molecule has 1 aliphatic rings. The summed E-state index contributed by atoms with van der Waals surface area (Å²) in [5.41, 5.74) is 6.41. The zero-order valence-corrected chi connectivity index (χ0v) is 17.3. The molecule has 3 heterocycles. The number of hydrogen-bond acceptors (Lipinski definition) is 7. The van der Waals surface area contributed by atoms with Gasteiger partial charge in [0.25, 0.3) is 0 Å². The number of aromatic nitrogens is 3. The van der Waals surface area contributed by atoms with Gasteiger partial charge in [0, 0.05) is 63.9 Å². The molecule has 0 atom stereocenters. The van der Waals surface area contributed by atoms with Gasteiger partial charge in [0.2, 0.25) is 5.95 Å². The third-order valence-corrected chi connectivity index (χ3v) is 5.30. The highest BCUT2D eigenvalue weighted by Gasteiger charge is 2.21. The number of anilines is 2. The van der Waals surface area contributed by atoms with E-state index >= 15 is 0 Å². The van der Waals surface area contributed by atoms with E-state index in [4.69, 9.17) is 0 Å². The lowest BCUT2D eigenvalue weighted by molar-refractivity contribution is 0.252. The van der Waals surface area contributed by atoms with Gasteiger partial charge in [0.15, 0.2) is 11.6 Å². The summed E-state index contributed by atoms with van der Waals surface area (Å²) in [7, 11) is 3.91. The van der Waals surface area contributed by atoms with Crippen LogP contribution in [0.2, 0.25) is 0 Å². The molecular weight excluding hydrogens is 381 g/mol. The van der Waals surface area contributed by atoms with Crippen molar-refractivity contribution in [3.8, 4) is 11.1 Å². The standard InChI is InChI=1S/C22H26FN7/c1-24-28(2)16-17-5-3-6-18(13-17)19-14-26-22(27-15-19)30-11-9-29(10-12-30)21-20(23)7-4-8-25-21/h3-8,13-15,24H,9-12,16H2,1-2H3. The van der Waals surface area contributed by atoms with Gasteiger partial charge in [-0.2, -0.15) is 0 Å². The predicted octanol–water partition coefficient (Wildman–Crippen LogP) is 2.57. The quantitative estimate of drug-likeness (QED) is 0.630. The molecule has 0 radical (unpaired) electrons. The molecule has 1 aromatic carbocycles. The Morgan fingerprint density at radius 1 is 0.967 bits per heavy atom. The minimum Gasteiger partial charge on any atom is -0.351 e. The van der Waals surface area contributed by atoms with Crippen LogP contribution in [0.25, 0.3) is 11.1 Å². The Balaban J connectivity index is 1.41. The van der Waals surface area contributed by atoms with E-state index in [1.807, 2.05) is 36.4 Å². The van der Waals surface area contributed by atoms with Crippen molar-refractivity contribution in [2.45, 2.75) is 6.54 Å². The van der Waals surface area contributed by atoms with Crippen molar-refractivity contribution in [3.63, 3.8) is 0 Å². The Labute approximate surface area is 176 Å². The molecular formula is C22H26FN7. The topological polar surface area (TPSA) is 60.4 Å². The van der Waals surface area contributed by atoms with Gasteiger partial charge in [0.05, 0.1) is 0 Å². The van der Waals surface area contributed by atoms with Crippen molar-refractivity contribution in [1.82, 2.24) is 25.4 Å². The number of benzene rings is 1. The number of nitrogens with one attached hydrogen (secondary N) is 1. The second-order valence-corrected chi connectivity index (χ2v) is 7.33. The average Bonchev–Trinajstić information content (AvgIpc) is 2.80. The molecule has 0 unspecified atom stereocenters. The van der Waals surface area contributed by atoms with Crippen LogP contribution in [-0.4, -0.2) is 60.2 Å². The first-order valence-electron chi connectivity index (χ1n) is 10.0. The van der Waals surface area contributed by atoms with Crippen molar-refractivity contribution in [2.24, 2.45) is 0 Å². The average molecular weight is 407 g/mol. The molecule has 30 heavy (non-hydrogen) atoms. The lowest BCUT2D eigenvalue weighted by atomic mass is 10.1. The largest absolute Gasteiger partial charge is 0.351 e. The van der Waals surface area contributed by atoms with Crippen molar-refractivity contribution < 1.29 is 4.39 Å². The van der Waals surface area contributed by atoms with Crippen LogP contribution < -0.4 is 15.2 Å². The van der Waals surface area contributed by atoms with Gasteiger partial charge in [-0.15, -0.1) is 0 Å². The maximum atomic E-state index is 14.0. The fourth-order valence-electron chi connectivity index (χ4n) is 3.56. The fourth-order valence-corrected chi connectivity index (χ4v) is 3.56. The molecule has 3 aromatic rings. The lowest BCUT2D eigenvalue weighted by Gasteiger charge is -2.35. The van der Waals surface area contributed by atoms with Crippen LogP contribution >= 0.6 is 0 Å². The number of rotatable bonds is 6. The minimum atomic E-state index is -0.283. The minimum absolute atomic E-state index is 0.283. The van der Waals surface area contributed by atoms with Crippen LogP contribution in [0.1, 0.15) is 5.56 Å². The maximum Gasteiger partial charge on any atom is 0.225 e. The number of pyridine rings is 1. The number of piperazine rings is 1. The summed E-state index contributed by atoms with van der Waals surface area (Å²) in [4.78, 5) is 17.4. The summed E-state index contributed by atoms with van der Waals surface area (Å²) < 4.78 is 14.0. The number of hydrazine groups is 1. The highest BCUT2D eigenvalue weighted by atomic mass is 19.1. The summed E-state index contributed by atoms with van der Waals surface area (Å²) in [6.07, 6.45) is 5.36. The number of nitrogens with zero attached hydrogens (tertiary/aromatic N) is 6. The van der Waals surface area contributed by atoms with E-state index < -0.39 is 0 Å². The molecule has 156 valence electrons. The summed E-state index contributed by atoms with van der Waals surface area (Å²) in [5.74, 6) is 0.831. The van der Waals surface area contributed by atoms with Crippen LogP contribution in [-0.2, 0) is 6.54 Å². The Morgan fingerprint density at radius 2 is 1.70 bits per heavy atom. The van der Waals surface area contributed by atoms with Gasteiger partial charge < -0.3 is 9.80 Å². The highest BCUT2D eigenvalue weighted by molar-refractivity contribution is 5.63. The first-order valence-corrected chi connectivity index (χ1v) is 10.0. The van der Waals surface area contributed by atoms with Gasteiger partial charge in [-0.05, 0) is 36.4 Å². The van der Waals surface area contributed by atoms with Gasteiger partial charge in [-0.3, -0.25) is 5.43 Å². The molecule has 0 saturated carbocycles. The lowest BCUT2D eigenvalue weighted by Crippen LogP contribution is -2.47. The SMILES string of the molecule is CNN(C)Cc1cccc(-c2cnc(N3CCN(c4ncccc4F)CC3)nc2)c1. The monoisotopic (exact) mass is 407 g/mol. The normalized spacial score (nSPS) is 14.4. The van der Waals surface area contributed by atoms with Crippen LogP contribution in [0.5, 0.6) is 0 Å². The first kappa shape index (κ1) is 20.2. The van der Waals surface area contributed by atoms with E-state index in [0.29, 0.717) is 24.9 Å². The fraction of sp³-hybridized carbons (Fsp3) is 0.318. The molecule has 2 aromatic heterocycles. The molecule has 7 nitrogen and oxygen atoms in total. The molecule has 8 heteroatoms. The molecule has 1 aliphatic heterocycles. The molecule has 4 rings (SSSR count). The molecule has 1 saturated heterocycles. The van der Waals surface area contributed by atoms with E-state index in [-0.39, 0.29) is 5.82 Å². The summed E-state index contributed by atoms with van der Waals surface area (Å²) in [5, 5.41) is 2.02. The summed E-state index contributed by atoms with van der Waals surface area (Å²) >= 11 is 0. The predicted molar refractivity (Wildman–Crippen MR) is 117 cm³/mol. The molecule has 0 spiro atoms. The van der Waals surface area contributed by atoms with Gasteiger partial charge in [-0.25, -0.2) is 24.4 Å². The second-order valence-electron chi connectivity index (χ2n) is 7.33. The number of hydrogen-bond donors (Lipinski definition) is 1. The maximum absolute atomic E-state index is 14.0. The van der Waals surface area contributed by atoms with Gasteiger partial charge >= 0.3 is 0 Å². The molecule has 0 bridgehead atoms. The van der Waals surface area contributed by atoms with Crippen LogP contribution in [0, 0.1) is 5.82 Å². The number of halogens is 1. The Kier molecular flexibility index (Phi) is 6.15. The molecule has 0 amide bonds. The second kappa shape index (κ2) is 9.15. The van der Waals surface area contributed by atoms with E-state index in [2.05, 4.69) is 49.5 Å². The highest BCUT2D eigenvalue weighted by Crippen LogP contribution is 2.22. The van der Waals surface area contributed by atoms with Crippen molar-refractivity contribution in [2.75, 3.05) is 50.1 Å². The van der Waals surface area contributed by atoms with E-state index in [0.717, 1.165) is 30.8 Å². The van der Waals surface area contributed by atoms with Crippen molar-refractivity contribution in [1.29, 1.82) is 0 Å². The van der Waals surface area contributed by atoms with Crippen LogP contribution in [0.3, 0.4) is 0 Å². The van der Waals surface area contributed by atoms with Gasteiger partial charge in [0.1, 0.15) is 0 Å². The summed E-state index contributed by atoms with van der Waals surface area (Å²) in [6.45, 7) is 3.62. The molecule has 1 fully saturated rings. The first-order chi connectivity index (χ1) is 14.6. The van der Waals surface area contributed by atoms with Crippen molar-refractivity contribution in [3.05, 3.63) is 66.4 Å². The van der Waals surface area contributed by atoms with E-state index in [9.17, 15) is 4.39 Å². The molecule has 0 aliphatic carbocycles. The van der Waals surface area contributed by atoms with E-state index in [1.165, 1.54) is 11.6 Å². The molecule has 1 N–H and O–H groups in total. The Bertz CT molecular complexity index is 971. The zero-order chi connectivity index (χ0) is 20.9.